The van der Waals surface area contributed by atoms with E-state index in [2.05, 4.69) is 38.1 Å². The van der Waals surface area contributed by atoms with Crippen LogP contribution in [0.3, 0.4) is 0 Å². The van der Waals surface area contributed by atoms with Gasteiger partial charge in [0.25, 0.3) is 0 Å². The predicted molar refractivity (Wildman–Crippen MR) is 128 cm³/mol. The van der Waals surface area contributed by atoms with Gasteiger partial charge in [-0.05, 0) is 56.1 Å². The topological polar surface area (TPSA) is 27.7 Å². The van der Waals surface area contributed by atoms with Crippen molar-refractivity contribution < 1.29 is 14.2 Å². The maximum absolute atomic E-state index is 5.94. The van der Waals surface area contributed by atoms with E-state index in [0.717, 1.165) is 36.4 Å². The zero-order valence-corrected chi connectivity index (χ0v) is 19.9. The third kappa shape index (κ3) is 8.61. The molecule has 2 aliphatic rings. The summed E-state index contributed by atoms with van der Waals surface area (Å²) in [5, 5.41) is 0. The maximum Gasteiger partial charge on any atom is 0.183 e. The molecule has 1 aliphatic carbocycles. The van der Waals surface area contributed by atoms with E-state index in [9.17, 15) is 0 Å². The summed E-state index contributed by atoms with van der Waals surface area (Å²) < 4.78 is 17.8. The number of rotatable bonds is 12. The Hall–Kier alpha value is -1.32. The van der Waals surface area contributed by atoms with Crippen molar-refractivity contribution in [1.29, 1.82) is 0 Å². The largest absolute Gasteiger partial charge is 0.490 e. The molecule has 0 unspecified atom stereocenters. The standard InChI is InChI=1S/C28H44O3/c1-3-5-7-10-23-12-14-24(15-13-23)11-8-20-29-27-18-16-26(17-19-27)28-30-21-25(22-31-28)9-6-4-2/h8,11,16-19,23-25,28H,3-7,9-10,12-15,20-22H2,1-2H3/t23-,24-,25-,28-. The van der Waals surface area contributed by atoms with Crippen LogP contribution in [0.25, 0.3) is 0 Å². The van der Waals surface area contributed by atoms with Crippen molar-refractivity contribution in [3.8, 4) is 5.75 Å². The number of hydrogen-bond acceptors (Lipinski definition) is 3. The lowest BCUT2D eigenvalue weighted by molar-refractivity contribution is -0.206. The highest BCUT2D eigenvalue weighted by Crippen LogP contribution is 2.33. The molecule has 3 nitrogen and oxygen atoms in total. The first-order chi connectivity index (χ1) is 15.3. The summed E-state index contributed by atoms with van der Waals surface area (Å²) in [6, 6.07) is 8.19. The fourth-order valence-corrected chi connectivity index (χ4v) is 4.86. The predicted octanol–water partition coefficient (Wildman–Crippen LogP) is 7.86. The molecule has 0 N–H and O–H groups in total. The van der Waals surface area contributed by atoms with Crippen LogP contribution < -0.4 is 4.74 Å². The van der Waals surface area contributed by atoms with Gasteiger partial charge in [0, 0.05) is 11.5 Å². The van der Waals surface area contributed by atoms with Gasteiger partial charge in [0.2, 0.25) is 0 Å². The molecule has 1 heterocycles. The number of hydrogen-bond donors (Lipinski definition) is 0. The third-order valence-electron chi connectivity index (χ3n) is 6.95. The fourth-order valence-electron chi connectivity index (χ4n) is 4.86. The molecule has 0 bridgehead atoms. The van der Waals surface area contributed by atoms with E-state index in [1.807, 2.05) is 12.1 Å². The van der Waals surface area contributed by atoms with Gasteiger partial charge < -0.3 is 14.2 Å². The van der Waals surface area contributed by atoms with E-state index in [1.54, 1.807) is 0 Å². The molecule has 3 heteroatoms. The molecule has 0 radical (unpaired) electrons. The Morgan fingerprint density at radius 3 is 2.19 bits per heavy atom. The minimum atomic E-state index is -0.232. The minimum absolute atomic E-state index is 0.232. The first-order valence-corrected chi connectivity index (χ1v) is 12.9. The lowest BCUT2D eigenvalue weighted by Crippen LogP contribution is -2.27. The average Bonchev–Trinajstić information content (AvgIpc) is 2.82. The van der Waals surface area contributed by atoms with Crippen LogP contribution in [-0.4, -0.2) is 19.8 Å². The smallest absolute Gasteiger partial charge is 0.183 e. The molecule has 31 heavy (non-hydrogen) atoms. The molecule has 1 saturated carbocycles. The van der Waals surface area contributed by atoms with Crippen LogP contribution in [0.5, 0.6) is 5.75 Å². The van der Waals surface area contributed by atoms with E-state index in [4.69, 9.17) is 14.2 Å². The second kappa shape index (κ2) is 14.0. The van der Waals surface area contributed by atoms with Crippen molar-refractivity contribution in [3.63, 3.8) is 0 Å². The van der Waals surface area contributed by atoms with Gasteiger partial charge in [-0.3, -0.25) is 0 Å². The molecule has 0 spiro atoms. The summed E-state index contributed by atoms with van der Waals surface area (Å²) >= 11 is 0. The molecule has 0 amide bonds. The first kappa shape index (κ1) is 24.3. The number of benzene rings is 1. The van der Waals surface area contributed by atoms with Gasteiger partial charge in [0.05, 0.1) is 13.2 Å². The van der Waals surface area contributed by atoms with Gasteiger partial charge in [-0.25, -0.2) is 0 Å². The van der Waals surface area contributed by atoms with E-state index in [1.165, 1.54) is 70.6 Å². The van der Waals surface area contributed by atoms with Crippen LogP contribution >= 0.6 is 0 Å². The summed E-state index contributed by atoms with van der Waals surface area (Å²) in [5.74, 6) is 3.17. The summed E-state index contributed by atoms with van der Waals surface area (Å²) in [6.07, 6.45) is 19.2. The number of allylic oxidation sites excluding steroid dienone is 1. The van der Waals surface area contributed by atoms with Gasteiger partial charge in [-0.2, -0.15) is 0 Å². The Labute approximate surface area is 190 Å². The SMILES string of the molecule is CCCCC[C@H]1CC[C@H](C=CCOc2ccc([C@H]3OC[C@H](CCCC)CO3)cc2)CC1. The zero-order valence-electron chi connectivity index (χ0n) is 19.9. The van der Waals surface area contributed by atoms with E-state index >= 15 is 0 Å². The highest BCUT2D eigenvalue weighted by molar-refractivity contribution is 5.28. The Morgan fingerprint density at radius 2 is 1.52 bits per heavy atom. The van der Waals surface area contributed by atoms with Crippen molar-refractivity contribution in [2.75, 3.05) is 19.8 Å². The highest BCUT2D eigenvalue weighted by Gasteiger charge is 2.23. The van der Waals surface area contributed by atoms with Crippen LogP contribution in [0.15, 0.2) is 36.4 Å². The van der Waals surface area contributed by atoms with Gasteiger partial charge in [-0.15, -0.1) is 0 Å². The Balaban J connectivity index is 1.31. The van der Waals surface area contributed by atoms with Crippen LogP contribution in [0.2, 0.25) is 0 Å². The molecule has 1 aromatic carbocycles. The quantitative estimate of drug-likeness (QED) is 0.250. The van der Waals surface area contributed by atoms with Gasteiger partial charge in [0.1, 0.15) is 12.4 Å². The van der Waals surface area contributed by atoms with E-state index in [0.29, 0.717) is 12.5 Å². The lowest BCUT2D eigenvalue weighted by Gasteiger charge is -2.29. The summed E-state index contributed by atoms with van der Waals surface area (Å²) in [5.41, 5.74) is 1.08. The summed E-state index contributed by atoms with van der Waals surface area (Å²) in [4.78, 5) is 0. The molecule has 1 aliphatic heterocycles. The third-order valence-corrected chi connectivity index (χ3v) is 6.95. The number of unbranched alkanes of at least 4 members (excludes halogenated alkanes) is 3. The molecule has 174 valence electrons. The van der Waals surface area contributed by atoms with Crippen molar-refractivity contribution in [2.45, 2.75) is 90.8 Å². The molecule has 0 atom stereocenters. The lowest BCUT2D eigenvalue weighted by atomic mass is 9.79. The highest BCUT2D eigenvalue weighted by atomic mass is 16.7. The second-order valence-electron chi connectivity index (χ2n) is 9.59. The molecule has 2 fully saturated rings. The minimum Gasteiger partial charge on any atom is -0.490 e. The van der Waals surface area contributed by atoms with Crippen molar-refractivity contribution in [1.82, 2.24) is 0 Å². The molecule has 1 saturated heterocycles. The van der Waals surface area contributed by atoms with Gasteiger partial charge >= 0.3 is 0 Å². The van der Waals surface area contributed by atoms with E-state index < -0.39 is 0 Å². The normalized spacial score (nSPS) is 26.9. The summed E-state index contributed by atoms with van der Waals surface area (Å²) in [6.45, 7) is 6.77. The summed E-state index contributed by atoms with van der Waals surface area (Å²) in [7, 11) is 0. The zero-order chi connectivity index (χ0) is 21.7. The molecular formula is C28H44O3. The van der Waals surface area contributed by atoms with Gasteiger partial charge in [-0.1, -0.05) is 76.7 Å². The van der Waals surface area contributed by atoms with Gasteiger partial charge in [0.15, 0.2) is 6.29 Å². The van der Waals surface area contributed by atoms with Crippen LogP contribution in [0.4, 0.5) is 0 Å². The Kier molecular flexibility index (Phi) is 11.0. The second-order valence-corrected chi connectivity index (χ2v) is 9.59. The van der Waals surface area contributed by atoms with Crippen LogP contribution in [0.1, 0.15) is 96.3 Å². The maximum atomic E-state index is 5.94. The van der Waals surface area contributed by atoms with Crippen LogP contribution in [0, 0.1) is 17.8 Å². The van der Waals surface area contributed by atoms with Crippen molar-refractivity contribution in [2.24, 2.45) is 17.8 Å². The molecular weight excluding hydrogens is 384 g/mol. The molecule has 3 rings (SSSR count). The fraction of sp³-hybridized carbons (Fsp3) is 0.714. The van der Waals surface area contributed by atoms with E-state index in [-0.39, 0.29) is 6.29 Å². The molecule has 0 aromatic heterocycles. The van der Waals surface area contributed by atoms with Crippen molar-refractivity contribution >= 4 is 0 Å². The number of ether oxygens (including phenoxy) is 3. The first-order valence-electron chi connectivity index (χ1n) is 12.9. The van der Waals surface area contributed by atoms with Crippen molar-refractivity contribution in [3.05, 3.63) is 42.0 Å². The Bertz CT molecular complexity index is 608. The average molecular weight is 429 g/mol. The monoisotopic (exact) mass is 428 g/mol. The van der Waals surface area contributed by atoms with Crippen LogP contribution in [-0.2, 0) is 9.47 Å². The Morgan fingerprint density at radius 1 is 0.839 bits per heavy atom. The molecule has 1 aromatic rings.